The van der Waals surface area contributed by atoms with Crippen molar-refractivity contribution in [1.29, 1.82) is 0 Å². The Bertz CT molecular complexity index is 1540. The Labute approximate surface area is 229 Å². The predicted molar refractivity (Wildman–Crippen MR) is 144 cm³/mol. The summed E-state index contributed by atoms with van der Waals surface area (Å²) in [6.45, 7) is 1.73. The van der Waals surface area contributed by atoms with Crippen LogP contribution in [0.25, 0.3) is 22.2 Å². The third kappa shape index (κ3) is 5.71. The predicted octanol–water partition coefficient (Wildman–Crippen LogP) is 3.84. The summed E-state index contributed by atoms with van der Waals surface area (Å²) in [5, 5.41) is 3.77. The average Bonchev–Trinajstić information content (AvgIpc) is 3.71. The first-order valence-electron chi connectivity index (χ1n) is 12.5. The van der Waals surface area contributed by atoms with E-state index in [1.165, 1.54) is 19.3 Å². The van der Waals surface area contributed by atoms with Gasteiger partial charge in [0.25, 0.3) is 0 Å². The molecule has 5 rings (SSSR count). The number of aromatic nitrogens is 4. The van der Waals surface area contributed by atoms with Gasteiger partial charge in [0.15, 0.2) is 5.78 Å². The molecule has 1 aromatic carbocycles. The van der Waals surface area contributed by atoms with E-state index < -0.39 is 11.9 Å². The molecule has 0 spiro atoms. The van der Waals surface area contributed by atoms with Crippen molar-refractivity contribution in [3.8, 4) is 11.3 Å². The zero-order valence-electron chi connectivity index (χ0n) is 21.2. The highest BCUT2D eigenvalue weighted by Gasteiger charge is 2.37. The number of pyridine rings is 1. The van der Waals surface area contributed by atoms with Crippen LogP contribution in [0.3, 0.4) is 0 Å². The van der Waals surface area contributed by atoms with Crippen LogP contribution in [0.2, 0.25) is 5.02 Å². The SMILES string of the molecule is CC(=O)c1cn(CC(=O)N(C(C=O)CNCc2cccc(Cl)c2F)C2CC2)c2cnc(-c3cncnc3)cc12. The lowest BCUT2D eigenvalue weighted by Crippen LogP contribution is -2.49. The summed E-state index contributed by atoms with van der Waals surface area (Å²) in [5.74, 6) is -0.908. The van der Waals surface area contributed by atoms with Gasteiger partial charge in [-0.2, -0.15) is 0 Å². The molecule has 0 aliphatic heterocycles. The number of rotatable bonds is 11. The molecular formula is C28H26ClFN6O3. The minimum absolute atomic E-state index is 0.0265. The molecule has 200 valence electrons. The zero-order chi connectivity index (χ0) is 27.5. The maximum Gasteiger partial charge on any atom is 0.243 e. The molecule has 1 atom stereocenters. The summed E-state index contributed by atoms with van der Waals surface area (Å²) < 4.78 is 15.9. The molecule has 3 heterocycles. The Morgan fingerprint density at radius 1 is 1.26 bits per heavy atom. The molecule has 11 heteroatoms. The maximum absolute atomic E-state index is 14.2. The van der Waals surface area contributed by atoms with Gasteiger partial charge in [-0.25, -0.2) is 14.4 Å². The Kier molecular flexibility index (Phi) is 7.76. The standard InChI is InChI=1S/C28H26ClFN6O3/c1-17(38)23-13-35(26-12-34-25(7-22(23)26)19-9-32-16-33-10-19)14-27(39)36(20-5-6-20)21(15-37)11-31-8-18-3-2-4-24(29)28(18)30/h2-4,7,9-10,12-13,15-16,20-21,31H,5-6,8,11,14H2,1H3. The molecule has 3 aromatic heterocycles. The van der Waals surface area contributed by atoms with Gasteiger partial charge in [0.05, 0.1) is 22.4 Å². The Morgan fingerprint density at radius 2 is 2.03 bits per heavy atom. The molecule has 0 bridgehead atoms. The Balaban J connectivity index is 1.36. The third-order valence-electron chi connectivity index (χ3n) is 6.75. The molecule has 1 amide bonds. The zero-order valence-corrected chi connectivity index (χ0v) is 21.9. The number of ketones is 1. The summed E-state index contributed by atoms with van der Waals surface area (Å²) >= 11 is 5.86. The number of carbonyl (C=O) groups is 3. The second-order valence-corrected chi connectivity index (χ2v) is 9.93. The molecule has 1 N–H and O–H groups in total. The Morgan fingerprint density at radius 3 is 2.72 bits per heavy atom. The van der Waals surface area contributed by atoms with Crippen LogP contribution in [0, 0.1) is 5.82 Å². The van der Waals surface area contributed by atoms with Gasteiger partial charge >= 0.3 is 0 Å². The molecular weight excluding hydrogens is 523 g/mol. The molecule has 39 heavy (non-hydrogen) atoms. The monoisotopic (exact) mass is 548 g/mol. The van der Waals surface area contributed by atoms with Crippen LogP contribution < -0.4 is 5.32 Å². The van der Waals surface area contributed by atoms with Crippen molar-refractivity contribution in [2.75, 3.05) is 6.54 Å². The van der Waals surface area contributed by atoms with Gasteiger partial charge in [0, 0.05) is 59.8 Å². The molecule has 1 fully saturated rings. The van der Waals surface area contributed by atoms with Crippen molar-refractivity contribution in [2.24, 2.45) is 0 Å². The molecule has 1 aliphatic carbocycles. The highest BCUT2D eigenvalue weighted by Crippen LogP contribution is 2.30. The van der Waals surface area contributed by atoms with Gasteiger partial charge < -0.3 is 19.6 Å². The van der Waals surface area contributed by atoms with Gasteiger partial charge in [-0.15, -0.1) is 0 Å². The number of benzene rings is 1. The van der Waals surface area contributed by atoms with Gasteiger partial charge in [0.1, 0.15) is 31.0 Å². The first-order chi connectivity index (χ1) is 18.9. The van der Waals surface area contributed by atoms with Crippen molar-refractivity contribution in [3.63, 3.8) is 0 Å². The largest absolute Gasteiger partial charge is 0.336 e. The van der Waals surface area contributed by atoms with Crippen molar-refractivity contribution in [1.82, 2.24) is 29.7 Å². The first-order valence-corrected chi connectivity index (χ1v) is 12.9. The molecule has 1 unspecified atom stereocenters. The minimum atomic E-state index is -0.732. The highest BCUT2D eigenvalue weighted by molar-refractivity contribution is 6.30. The Hall–Kier alpha value is -4.02. The van der Waals surface area contributed by atoms with Gasteiger partial charge in [-0.05, 0) is 31.9 Å². The summed E-state index contributed by atoms with van der Waals surface area (Å²) in [7, 11) is 0. The van der Waals surface area contributed by atoms with Crippen molar-refractivity contribution >= 4 is 40.5 Å². The van der Waals surface area contributed by atoms with E-state index >= 15 is 0 Å². The number of nitrogens with one attached hydrogen (secondary N) is 1. The highest BCUT2D eigenvalue weighted by atomic mass is 35.5. The van der Waals surface area contributed by atoms with E-state index in [9.17, 15) is 18.8 Å². The fraction of sp³-hybridized carbons (Fsp3) is 0.286. The number of carbonyl (C=O) groups excluding carboxylic acids is 3. The van der Waals surface area contributed by atoms with Crippen LogP contribution >= 0.6 is 11.6 Å². The molecule has 1 aliphatic rings. The fourth-order valence-electron chi connectivity index (χ4n) is 4.68. The molecule has 9 nitrogen and oxygen atoms in total. The third-order valence-corrected chi connectivity index (χ3v) is 7.04. The lowest BCUT2D eigenvalue weighted by atomic mass is 10.1. The second kappa shape index (κ2) is 11.4. The molecule has 1 saturated carbocycles. The van der Waals surface area contributed by atoms with E-state index in [2.05, 4.69) is 20.3 Å². The first kappa shape index (κ1) is 26.6. The topological polar surface area (TPSA) is 110 Å². The van der Waals surface area contributed by atoms with Gasteiger partial charge in [0.2, 0.25) is 5.91 Å². The minimum Gasteiger partial charge on any atom is -0.336 e. The van der Waals surface area contributed by atoms with Crippen LogP contribution in [-0.2, 0) is 22.7 Å². The average molecular weight is 549 g/mol. The molecule has 4 aromatic rings. The summed E-state index contributed by atoms with van der Waals surface area (Å²) in [4.78, 5) is 52.2. The van der Waals surface area contributed by atoms with E-state index in [0.29, 0.717) is 33.3 Å². The van der Waals surface area contributed by atoms with Crippen LogP contribution in [-0.4, -0.2) is 61.0 Å². The summed E-state index contributed by atoms with van der Waals surface area (Å²) in [5.41, 5.74) is 2.78. The number of hydrogen-bond donors (Lipinski definition) is 1. The van der Waals surface area contributed by atoms with Crippen LogP contribution in [0.1, 0.15) is 35.7 Å². The number of amides is 1. The van der Waals surface area contributed by atoms with Crippen molar-refractivity contribution in [2.45, 2.75) is 44.9 Å². The second-order valence-electron chi connectivity index (χ2n) is 9.52. The van der Waals surface area contributed by atoms with Crippen molar-refractivity contribution < 1.29 is 18.8 Å². The lowest BCUT2D eigenvalue weighted by Gasteiger charge is -2.29. The van der Waals surface area contributed by atoms with E-state index in [-0.39, 0.29) is 42.4 Å². The number of aldehydes is 1. The summed E-state index contributed by atoms with van der Waals surface area (Å²) in [6.07, 6.45) is 10.3. The number of halogens is 2. The number of hydrogen-bond acceptors (Lipinski definition) is 7. The normalized spacial score (nSPS) is 13.8. The van der Waals surface area contributed by atoms with E-state index in [4.69, 9.17) is 11.6 Å². The van der Waals surface area contributed by atoms with E-state index in [1.807, 2.05) is 0 Å². The van der Waals surface area contributed by atoms with Crippen LogP contribution in [0.15, 0.2) is 55.4 Å². The van der Waals surface area contributed by atoms with Gasteiger partial charge in [-0.3, -0.25) is 14.6 Å². The van der Waals surface area contributed by atoms with Crippen LogP contribution in [0.5, 0.6) is 0 Å². The van der Waals surface area contributed by atoms with E-state index in [0.717, 1.165) is 19.1 Å². The van der Waals surface area contributed by atoms with Crippen LogP contribution in [0.4, 0.5) is 4.39 Å². The van der Waals surface area contributed by atoms with Gasteiger partial charge in [-0.1, -0.05) is 23.7 Å². The lowest BCUT2D eigenvalue weighted by molar-refractivity contribution is -0.137. The number of nitrogens with zero attached hydrogens (tertiary/aromatic N) is 5. The fourth-order valence-corrected chi connectivity index (χ4v) is 4.87. The molecule has 0 saturated heterocycles. The summed E-state index contributed by atoms with van der Waals surface area (Å²) in [6, 6.07) is 5.75. The quantitative estimate of drug-likeness (QED) is 0.224. The number of Topliss-reactive ketones (excluding diaryl/α,β-unsaturated/α-hetero) is 1. The maximum atomic E-state index is 14.2. The molecule has 0 radical (unpaired) electrons. The number of fused-ring (bicyclic) bond motifs is 1. The van der Waals surface area contributed by atoms with E-state index in [1.54, 1.807) is 52.5 Å². The smallest absolute Gasteiger partial charge is 0.243 e. The van der Waals surface area contributed by atoms with Crippen molar-refractivity contribution in [3.05, 3.63) is 77.3 Å².